The van der Waals surface area contributed by atoms with Crippen molar-refractivity contribution >= 4 is 35.6 Å². The van der Waals surface area contributed by atoms with E-state index in [1.165, 1.54) is 11.3 Å². The van der Waals surface area contributed by atoms with E-state index in [0.717, 1.165) is 50.1 Å². The van der Waals surface area contributed by atoms with Gasteiger partial charge in [-0.2, -0.15) is 0 Å². The Hall–Kier alpha value is -2.00. The number of nitrogens with zero attached hydrogens (tertiary/aromatic N) is 2. The van der Waals surface area contributed by atoms with Gasteiger partial charge in [-0.1, -0.05) is 24.3 Å². The third-order valence-corrected chi connectivity index (χ3v) is 4.59. The highest BCUT2D eigenvalue weighted by Crippen LogP contribution is 2.16. The molecule has 1 fully saturated rings. The minimum absolute atomic E-state index is 0. The van der Waals surface area contributed by atoms with Gasteiger partial charge in [-0.15, -0.1) is 24.0 Å². The highest BCUT2D eigenvalue weighted by atomic mass is 127. The number of hydrogen-bond donors (Lipinski definition) is 2. The van der Waals surface area contributed by atoms with E-state index in [-0.39, 0.29) is 24.0 Å². The molecule has 7 heteroatoms. The predicted octanol–water partition coefficient (Wildman–Crippen LogP) is 3.02. The van der Waals surface area contributed by atoms with Crippen LogP contribution >= 0.6 is 24.0 Å². The molecule has 1 heterocycles. The zero-order valence-corrected chi connectivity index (χ0v) is 18.8. The van der Waals surface area contributed by atoms with Crippen molar-refractivity contribution in [2.45, 2.75) is 13.1 Å². The second kappa shape index (κ2) is 11.8. The maximum absolute atomic E-state index is 5.41. The fourth-order valence-corrected chi connectivity index (χ4v) is 3.02. The molecule has 0 aromatic heterocycles. The SMILES string of the molecule is CN=C(NCc1ccc(N2CCOCC2)cc1)NCc1cccc(OC)c1.I. The summed E-state index contributed by atoms with van der Waals surface area (Å²) in [5, 5.41) is 6.69. The number of rotatable bonds is 6. The Morgan fingerprint density at radius 1 is 1.04 bits per heavy atom. The predicted molar refractivity (Wildman–Crippen MR) is 125 cm³/mol. The van der Waals surface area contributed by atoms with E-state index in [1.54, 1.807) is 14.2 Å². The van der Waals surface area contributed by atoms with E-state index in [4.69, 9.17) is 9.47 Å². The Bertz CT molecular complexity index is 746. The van der Waals surface area contributed by atoms with Crippen molar-refractivity contribution in [1.29, 1.82) is 0 Å². The van der Waals surface area contributed by atoms with Crippen molar-refractivity contribution in [1.82, 2.24) is 10.6 Å². The maximum Gasteiger partial charge on any atom is 0.191 e. The van der Waals surface area contributed by atoms with Gasteiger partial charge in [0, 0.05) is 38.9 Å². The molecule has 0 radical (unpaired) electrons. The van der Waals surface area contributed by atoms with Gasteiger partial charge < -0.3 is 25.0 Å². The molecule has 2 aromatic carbocycles. The molecule has 3 rings (SSSR count). The van der Waals surface area contributed by atoms with Gasteiger partial charge in [0.05, 0.1) is 20.3 Å². The summed E-state index contributed by atoms with van der Waals surface area (Å²) in [5.41, 5.74) is 3.62. The minimum Gasteiger partial charge on any atom is -0.497 e. The van der Waals surface area contributed by atoms with Gasteiger partial charge in [0.1, 0.15) is 5.75 Å². The molecule has 0 atom stereocenters. The van der Waals surface area contributed by atoms with Crippen molar-refractivity contribution in [3.63, 3.8) is 0 Å². The number of methoxy groups -OCH3 is 1. The number of hydrogen-bond acceptors (Lipinski definition) is 4. The van der Waals surface area contributed by atoms with E-state index >= 15 is 0 Å². The Morgan fingerprint density at radius 2 is 1.71 bits per heavy atom. The molecule has 152 valence electrons. The quantitative estimate of drug-likeness (QED) is 0.366. The number of anilines is 1. The largest absolute Gasteiger partial charge is 0.497 e. The number of nitrogens with one attached hydrogen (secondary N) is 2. The molecule has 0 unspecified atom stereocenters. The number of guanidine groups is 1. The van der Waals surface area contributed by atoms with Crippen LogP contribution in [0.5, 0.6) is 5.75 Å². The van der Waals surface area contributed by atoms with Crippen LogP contribution in [0.4, 0.5) is 5.69 Å². The van der Waals surface area contributed by atoms with E-state index in [0.29, 0.717) is 6.54 Å². The Kier molecular flexibility index (Phi) is 9.36. The number of ether oxygens (including phenoxy) is 2. The molecule has 0 amide bonds. The summed E-state index contributed by atoms with van der Waals surface area (Å²) in [5.74, 6) is 1.63. The summed E-state index contributed by atoms with van der Waals surface area (Å²) >= 11 is 0. The lowest BCUT2D eigenvalue weighted by atomic mass is 10.2. The van der Waals surface area contributed by atoms with Crippen molar-refractivity contribution in [3.05, 3.63) is 59.7 Å². The number of halogens is 1. The zero-order valence-electron chi connectivity index (χ0n) is 16.5. The molecule has 1 aliphatic heterocycles. The van der Waals surface area contributed by atoms with Gasteiger partial charge in [0.25, 0.3) is 0 Å². The van der Waals surface area contributed by atoms with Crippen LogP contribution in [-0.2, 0) is 17.8 Å². The van der Waals surface area contributed by atoms with Crippen LogP contribution in [0, 0.1) is 0 Å². The highest BCUT2D eigenvalue weighted by molar-refractivity contribution is 14.0. The molecule has 1 aliphatic rings. The first-order chi connectivity index (χ1) is 13.3. The number of aliphatic imine (C=N–C) groups is 1. The number of benzene rings is 2. The summed E-state index contributed by atoms with van der Waals surface area (Å²) in [6.07, 6.45) is 0. The van der Waals surface area contributed by atoms with Gasteiger partial charge in [0.15, 0.2) is 5.96 Å². The van der Waals surface area contributed by atoms with Crippen LogP contribution < -0.4 is 20.3 Å². The molecule has 2 N–H and O–H groups in total. The lowest BCUT2D eigenvalue weighted by molar-refractivity contribution is 0.122. The normalized spacial score (nSPS) is 14.2. The van der Waals surface area contributed by atoms with E-state index in [1.807, 2.05) is 18.2 Å². The fraction of sp³-hybridized carbons (Fsp3) is 0.381. The molecule has 0 aliphatic carbocycles. The standard InChI is InChI=1S/C21H28N4O2.HI/c1-22-21(24-16-18-4-3-5-20(14-18)26-2)23-15-17-6-8-19(9-7-17)25-10-12-27-13-11-25;/h3-9,14H,10-13,15-16H2,1-2H3,(H2,22,23,24);1H. The van der Waals surface area contributed by atoms with E-state index < -0.39 is 0 Å². The second-order valence-electron chi connectivity index (χ2n) is 6.40. The molecule has 0 bridgehead atoms. The van der Waals surface area contributed by atoms with E-state index in [2.05, 4.69) is 50.9 Å². The van der Waals surface area contributed by atoms with Gasteiger partial charge in [0.2, 0.25) is 0 Å². The summed E-state index contributed by atoms with van der Waals surface area (Å²) in [6.45, 7) is 4.93. The fourth-order valence-electron chi connectivity index (χ4n) is 3.02. The average molecular weight is 496 g/mol. The summed E-state index contributed by atoms with van der Waals surface area (Å²) < 4.78 is 10.7. The van der Waals surface area contributed by atoms with Crippen LogP contribution in [-0.4, -0.2) is 46.4 Å². The van der Waals surface area contributed by atoms with Crippen molar-refractivity contribution < 1.29 is 9.47 Å². The molecule has 0 saturated carbocycles. The van der Waals surface area contributed by atoms with Crippen LogP contribution in [0.1, 0.15) is 11.1 Å². The van der Waals surface area contributed by atoms with Crippen molar-refractivity contribution in [3.8, 4) is 5.75 Å². The van der Waals surface area contributed by atoms with Crippen molar-refractivity contribution in [2.75, 3.05) is 45.4 Å². The first kappa shape index (κ1) is 22.3. The van der Waals surface area contributed by atoms with E-state index in [9.17, 15) is 0 Å². The summed E-state index contributed by atoms with van der Waals surface area (Å²) in [6, 6.07) is 16.7. The molecular weight excluding hydrogens is 467 g/mol. The third kappa shape index (κ3) is 6.56. The Morgan fingerprint density at radius 3 is 2.36 bits per heavy atom. The Labute approximate surface area is 184 Å². The number of morpholine rings is 1. The molecule has 28 heavy (non-hydrogen) atoms. The maximum atomic E-state index is 5.41. The van der Waals surface area contributed by atoms with Gasteiger partial charge in [-0.25, -0.2) is 0 Å². The molecule has 2 aromatic rings. The smallest absolute Gasteiger partial charge is 0.191 e. The van der Waals surface area contributed by atoms with Crippen molar-refractivity contribution in [2.24, 2.45) is 4.99 Å². The van der Waals surface area contributed by atoms with Crippen LogP contribution in [0.3, 0.4) is 0 Å². The summed E-state index contributed by atoms with van der Waals surface area (Å²) in [4.78, 5) is 6.65. The second-order valence-corrected chi connectivity index (χ2v) is 6.40. The molecule has 6 nitrogen and oxygen atoms in total. The van der Waals surface area contributed by atoms with Gasteiger partial charge in [-0.05, 0) is 35.4 Å². The monoisotopic (exact) mass is 496 g/mol. The van der Waals surface area contributed by atoms with Crippen LogP contribution in [0.15, 0.2) is 53.5 Å². The zero-order chi connectivity index (χ0) is 18.9. The van der Waals surface area contributed by atoms with Crippen LogP contribution in [0.25, 0.3) is 0 Å². The van der Waals surface area contributed by atoms with Crippen LogP contribution in [0.2, 0.25) is 0 Å². The first-order valence-electron chi connectivity index (χ1n) is 9.27. The molecular formula is C21H29IN4O2. The van der Waals surface area contributed by atoms with Gasteiger partial charge in [-0.3, -0.25) is 4.99 Å². The molecule has 1 saturated heterocycles. The molecule has 0 spiro atoms. The third-order valence-electron chi connectivity index (χ3n) is 4.59. The average Bonchev–Trinajstić information content (AvgIpc) is 2.75. The Balaban J connectivity index is 0.00000280. The summed E-state index contributed by atoms with van der Waals surface area (Å²) in [7, 11) is 3.46. The first-order valence-corrected chi connectivity index (χ1v) is 9.27. The minimum atomic E-state index is 0. The van der Waals surface area contributed by atoms with Gasteiger partial charge >= 0.3 is 0 Å². The lowest BCUT2D eigenvalue weighted by Gasteiger charge is -2.28. The highest BCUT2D eigenvalue weighted by Gasteiger charge is 2.10. The lowest BCUT2D eigenvalue weighted by Crippen LogP contribution is -2.36. The topological polar surface area (TPSA) is 58.1 Å².